The van der Waals surface area contributed by atoms with E-state index in [0.29, 0.717) is 11.3 Å². The Morgan fingerprint density at radius 1 is 0.788 bits per heavy atom. The highest BCUT2D eigenvalue weighted by Crippen LogP contribution is 2.29. The molecule has 0 unspecified atom stereocenters. The summed E-state index contributed by atoms with van der Waals surface area (Å²) in [5.74, 6) is 5.45. The predicted octanol–water partition coefficient (Wildman–Crippen LogP) is 3.02. The normalized spacial score (nSPS) is 12.9. The number of rotatable bonds is 3. The Hall–Kier alpha value is -4.10. The molecule has 1 aliphatic rings. The van der Waals surface area contributed by atoms with E-state index in [0.717, 1.165) is 16.7 Å². The lowest BCUT2D eigenvalue weighted by Crippen LogP contribution is -2.34. The summed E-state index contributed by atoms with van der Waals surface area (Å²) in [6.07, 6.45) is 2.11. The molecule has 0 spiro atoms. The number of nitrogens with zero attached hydrogens (tertiary/aromatic N) is 2. The van der Waals surface area contributed by atoms with Gasteiger partial charge in [0.15, 0.2) is 0 Å². The van der Waals surface area contributed by atoms with Crippen molar-refractivity contribution in [3.05, 3.63) is 98.0 Å². The largest absolute Gasteiger partial charge is 0.245 e. The quantitative estimate of drug-likeness (QED) is 0.572. The average molecular weight is 453 g/mol. The molecule has 160 valence electrons. The Bertz CT molecular complexity index is 1580. The van der Waals surface area contributed by atoms with E-state index in [1.165, 1.54) is 0 Å². The molecule has 4 rings (SSSR count). The van der Waals surface area contributed by atoms with Crippen LogP contribution in [-0.4, -0.2) is 28.5 Å². The predicted molar refractivity (Wildman–Crippen MR) is 128 cm³/mol. The van der Waals surface area contributed by atoms with Gasteiger partial charge in [0.05, 0.1) is 27.2 Å². The lowest BCUT2D eigenvalue weighted by molar-refractivity contribution is 0.564. The molecular formula is C27H17ClN2O3. The van der Waals surface area contributed by atoms with Gasteiger partial charge in [0.2, 0.25) is 0 Å². The van der Waals surface area contributed by atoms with Crippen molar-refractivity contribution < 1.29 is 14.4 Å². The van der Waals surface area contributed by atoms with Gasteiger partial charge >= 0.3 is 0 Å². The first-order chi connectivity index (χ1) is 16.0. The van der Waals surface area contributed by atoms with Crippen molar-refractivity contribution in [2.24, 2.45) is 4.99 Å². The van der Waals surface area contributed by atoms with Crippen LogP contribution in [0.4, 0.5) is 0 Å². The van der Waals surface area contributed by atoms with Gasteiger partial charge in [-0.05, 0) is 25.0 Å². The highest BCUT2D eigenvalue weighted by Gasteiger charge is 2.24. The Morgan fingerprint density at radius 3 is 1.97 bits per heavy atom. The minimum Gasteiger partial charge on any atom is -0.245 e. The van der Waals surface area contributed by atoms with Crippen molar-refractivity contribution in [1.82, 2.24) is 4.98 Å². The first kappa shape index (κ1) is 22.1. The molecule has 2 aromatic carbocycles. The van der Waals surface area contributed by atoms with E-state index < -0.39 is 0 Å². The second kappa shape index (κ2) is 9.18. The molecule has 33 heavy (non-hydrogen) atoms. The summed E-state index contributed by atoms with van der Waals surface area (Å²) in [6, 6.07) is 15.0. The average Bonchev–Trinajstić information content (AvgIpc) is 2.84. The van der Waals surface area contributed by atoms with Gasteiger partial charge < -0.3 is 0 Å². The molecule has 0 N–H and O–H groups in total. The van der Waals surface area contributed by atoms with Crippen molar-refractivity contribution in [2.45, 2.75) is 20.3 Å². The summed E-state index contributed by atoms with van der Waals surface area (Å²) < 4.78 is 0. The summed E-state index contributed by atoms with van der Waals surface area (Å²) in [6.45, 7) is 3.82. The van der Waals surface area contributed by atoms with E-state index >= 15 is 0 Å². The molecule has 5 nitrogen and oxygen atoms in total. The first-order valence-corrected chi connectivity index (χ1v) is 10.5. The van der Waals surface area contributed by atoms with Gasteiger partial charge in [0.1, 0.15) is 34.4 Å². The molecule has 0 radical (unpaired) electrons. The van der Waals surface area contributed by atoms with Crippen LogP contribution >= 0.6 is 11.6 Å². The van der Waals surface area contributed by atoms with E-state index in [1.54, 1.807) is 24.0 Å². The second-order valence-corrected chi connectivity index (χ2v) is 7.92. The molecule has 1 aromatic heterocycles. The van der Waals surface area contributed by atoms with Crippen molar-refractivity contribution in [1.29, 1.82) is 0 Å². The maximum Gasteiger partial charge on any atom is 0.136 e. The smallest absolute Gasteiger partial charge is 0.136 e. The fourth-order valence-electron chi connectivity index (χ4n) is 3.79. The summed E-state index contributed by atoms with van der Waals surface area (Å²) in [4.78, 5) is 44.7. The van der Waals surface area contributed by atoms with Crippen LogP contribution in [0.15, 0.2) is 65.2 Å². The summed E-state index contributed by atoms with van der Waals surface area (Å²) in [5, 5.41) is -0.371. The zero-order chi connectivity index (χ0) is 23.5. The number of allylic oxidation sites excluding steroid dienone is 2. The third-order valence-corrected chi connectivity index (χ3v) is 5.90. The zero-order valence-corrected chi connectivity index (χ0v) is 18.7. The summed E-state index contributed by atoms with van der Waals surface area (Å²) in [5.41, 5.74) is 4.83. The third-order valence-electron chi connectivity index (χ3n) is 5.53. The SMILES string of the molecule is Cc1ccccc1C1=CCC(=C=O)C(c2nc(-c3ccccc3C)c(=C=O)c(=C=O)c2Cl)=N1. The van der Waals surface area contributed by atoms with Crippen molar-refractivity contribution in [2.75, 3.05) is 0 Å². The van der Waals surface area contributed by atoms with Crippen molar-refractivity contribution >= 4 is 40.8 Å². The Morgan fingerprint density at radius 2 is 1.39 bits per heavy atom. The fraction of sp³-hybridized carbons (Fsp3) is 0.111. The van der Waals surface area contributed by atoms with Crippen molar-refractivity contribution in [3.8, 4) is 11.3 Å². The molecule has 0 fully saturated rings. The van der Waals surface area contributed by atoms with E-state index in [2.05, 4.69) is 9.98 Å². The minimum absolute atomic E-state index is 0.0873. The van der Waals surface area contributed by atoms with Crippen LogP contribution in [0, 0.1) is 13.8 Å². The topological polar surface area (TPSA) is 76.5 Å². The molecule has 6 heteroatoms. The van der Waals surface area contributed by atoms with Crippen LogP contribution in [0.1, 0.15) is 28.8 Å². The maximum atomic E-state index is 11.8. The molecule has 1 aliphatic heterocycles. The Kier molecular flexibility index (Phi) is 6.15. The molecule has 0 saturated carbocycles. The molecule has 3 aromatic rings. The molecule has 0 saturated heterocycles. The maximum absolute atomic E-state index is 11.8. The zero-order valence-electron chi connectivity index (χ0n) is 17.9. The van der Waals surface area contributed by atoms with Gasteiger partial charge in [-0.3, -0.25) is 0 Å². The summed E-state index contributed by atoms with van der Waals surface area (Å²) in [7, 11) is 0. The number of halogens is 1. The number of carbonyl (C=O) groups excluding carboxylic acids is 3. The van der Waals surface area contributed by atoms with Gasteiger partial charge in [0.25, 0.3) is 0 Å². The molecule has 0 aliphatic carbocycles. The number of aryl methyl sites for hydroxylation is 2. The third kappa shape index (κ3) is 3.94. The van der Waals surface area contributed by atoms with Gasteiger partial charge in [-0.25, -0.2) is 24.4 Å². The lowest BCUT2D eigenvalue weighted by atomic mass is 9.96. The van der Waals surface area contributed by atoms with E-state index in [4.69, 9.17) is 11.6 Å². The fourth-order valence-corrected chi connectivity index (χ4v) is 4.06. The molecule has 0 atom stereocenters. The first-order valence-electron chi connectivity index (χ1n) is 10.2. The van der Waals surface area contributed by atoms with E-state index in [9.17, 15) is 14.4 Å². The van der Waals surface area contributed by atoms with E-state index in [1.807, 2.05) is 62.3 Å². The van der Waals surface area contributed by atoms with Gasteiger partial charge in [-0.15, -0.1) is 0 Å². The van der Waals surface area contributed by atoms with Crippen LogP contribution in [0.3, 0.4) is 0 Å². The second-order valence-electron chi connectivity index (χ2n) is 7.54. The summed E-state index contributed by atoms with van der Waals surface area (Å²) >= 11 is 6.53. The van der Waals surface area contributed by atoms with Crippen LogP contribution in [-0.2, 0) is 14.4 Å². The van der Waals surface area contributed by atoms with Crippen LogP contribution in [0.2, 0.25) is 5.02 Å². The monoisotopic (exact) mass is 452 g/mol. The van der Waals surface area contributed by atoms with E-state index in [-0.39, 0.29) is 44.6 Å². The van der Waals surface area contributed by atoms with Crippen molar-refractivity contribution in [3.63, 3.8) is 0 Å². The van der Waals surface area contributed by atoms with Gasteiger partial charge in [-0.1, -0.05) is 66.2 Å². The number of hydrogen-bond donors (Lipinski definition) is 0. The molecule has 0 amide bonds. The Balaban J connectivity index is 2.07. The molecule has 0 bridgehead atoms. The van der Waals surface area contributed by atoms with Gasteiger partial charge in [0, 0.05) is 17.5 Å². The molecule has 2 heterocycles. The highest BCUT2D eigenvalue weighted by molar-refractivity contribution is 6.36. The molecular weight excluding hydrogens is 436 g/mol. The number of pyridine rings is 1. The number of aliphatic imine (C=N–C) groups is 1. The van der Waals surface area contributed by atoms with Crippen LogP contribution in [0.5, 0.6) is 0 Å². The van der Waals surface area contributed by atoms with Crippen LogP contribution < -0.4 is 10.4 Å². The minimum atomic E-state index is -0.171. The number of hydrogen-bond acceptors (Lipinski definition) is 5. The number of benzene rings is 2. The number of aromatic nitrogens is 1. The standard InChI is InChI=1S/C27H17ClN2O3/c1-16-7-3-5-9-19(16)23-12-11-18(13-31)25(29-23)27-24(28)21(14-32)22(15-33)26(30-27)20-10-6-4-8-17(20)2/h3-10,12H,11H2,1-2H3. The van der Waals surface area contributed by atoms with Crippen LogP contribution in [0.25, 0.3) is 17.0 Å². The van der Waals surface area contributed by atoms with Gasteiger partial charge in [-0.2, -0.15) is 0 Å². The lowest BCUT2D eigenvalue weighted by Gasteiger charge is -2.17. The highest BCUT2D eigenvalue weighted by atomic mass is 35.5. The Labute approximate surface area is 194 Å².